The molecule has 0 radical (unpaired) electrons. The molecule has 0 aliphatic rings. The van der Waals surface area contributed by atoms with Crippen molar-refractivity contribution >= 4 is 51.2 Å². The normalized spacial score (nSPS) is 9.88. The highest BCUT2D eigenvalue weighted by atomic mass is 127. The number of phenols is 1. The second-order valence-corrected chi connectivity index (χ2v) is 5.46. The van der Waals surface area contributed by atoms with Gasteiger partial charge in [-0.1, -0.05) is 6.58 Å². The molecule has 0 saturated carbocycles. The monoisotopic (exact) mass is 460 g/mol. The summed E-state index contributed by atoms with van der Waals surface area (Å²) in [5.41, 5.74) is 0.308. The van der Waals surface area contributed by atoms with Crippen LogP contribution in [0.2, 0.25) is 0 Å². The highest BCUT2D eigenvalue weighted by molar-refractivity contribution is 14.1. The second-order valence-electron chi connectivity index (χ2n) is 3.22. The molecule has 0 spiro atoms. The molecule has 0 saturated heterocycles. The fourth-order valence-corrected chi connectivity index (χ4v) is 2.29. The molecule has 0 unspecified atom stereocenters. The fourth-order valence-electron chi connectivity index (χ4n) is 1.02. The van der Waals surface area contributed by atoms with E-state index in [0.29, 0.717) is 24.2 Å². The lowest BCUT2D eigenvalue weighted by Crippen LogP contribution is -2.09. The lowest BCUT2D eigenvalue weighted by atomic mass is 10.3. The third-order valence-corrected chi connectivity index (χ3v) is 3.71. The van der Waals surface area contributed by atoms with Gasteiger partial charge in [0.2, 0.25) is 0 Å². The van der Waals surface area contributed by atoms with E-state index in [1.54, 1.807) is 13.0 Å². The number of aromatic hydroxyl groups is 1. The Kier molecular flexibility index (Phi) is 5.04. The minimum Gasteiger partial charge on any atom is -0.503 e. The van der Waals surface area contributed by atoms with Gasteiger partial charge in [-0.3, -0.25) is 0 Å². The van der Waals surface area contributed by atoms with Gasteiger partial charge in [-0.2, -0.15) is 0 Å². The molecular weight excluding hydrogens is 450 g/mol. The molecule has 0 fully saturated rings. The average molecular weight is 460 g/mol. The molecule has 1 rings (SSSR count). The summed E-state index contributed by atoms with van der Waals surface area (Å²) in [5.74, 6) is 0.166. The van der Waals surface area contributed by atoms with Crippen LogP contribution in [-0.4, -0.2) is 18.2 Å². The summed E-state index contributed by atoms with van der Waals surface area (Å²) >= 11 is 3.88. The molecule has 0 bridgehead atoms. The Bertz CT molecular complexity index is 483. The van der Waals surface area contributed by atoms with Crippen LogP contribution >= 0.6 is 45.2 Å². The van der Waals surface area contributed by atoms with Gasteiger partial charge in [0.1, 0.15) is 9.32 Å². The third kappa shape index (κ3) is 3.24. The Labute approximate surface area is 126 Å². The van der Waals surface area contributed by atoms with E-state index in [0.717, 1.165) is 0 Å². The van der Waals surface area contributed by atoms with E-state index in [9.17, 15) is 9.90 Å². The van der Waals surface area contributed by atoms with Gasteiger partial charge in [-0.05, 0) is 58.2 Å². The number of hydrogen-bond acceptors (Lipinski definition) is 4. The standard InChI is InChI=1S/C11H10I2O4/c1-5(2)11(15)17-7-4-6(12)9(14)10(16-3)8(7)13/h4,14H,1H2,2-3H3. The van der Waals surface area contributed by atoms with Crippen LogP contribution in [0.5, 0.6) is 17.2 Å². The van der Waals surface area contributed by atoms with Crippen LogP contribution in [0.3, 0.4) is 0 Å². The van der Waals surface area contributed by atoms with Gasteiger partial charge >= 0.3 is 5.97 Å². The Morgan fingerprint density at radius 3 is 2.53 bits per heavy atom. The highest BCUT2D eigenvalue weighted by Crippen LogP contribution is 2.41. The van der Waals surface area contributed by atoms with E-state index in [-0.39, 0.29) is 5.75 Å². The Morgan fingerprint density at radius 1 is 1.47 bits per heavy atom. The van der Waals surface area contributed by atoms with E-state index >= 15 is 0 Å². The summed E-state index contributed by atoms with van der Waals surface area (Å²) in [6.07, 6.45) is 0. The number of phenolic OH excluding ortho intramolecular Hbond substituents is 1. The van der Waals surface area contributed by atoms with Crippen LogP contribution in [0.1, 0.15) is 6.92 Å². The number of methoxy groups -OCH3 is 1. The van der Waals surface area contributed by atoms with Gasteiger partial charge in [-0.25, -0.2) is 4.79 Å². The van der Waals surface area contributed by atoms with E-state index < -0.39 is 5.97 Å². The fraction of sp³-hybridized carbons (Fsp3) is 0.182. The molecule has 17 heavy (non-hydrogen) atoms. The van der Waals surface area contributed by atoms with Crippen molar-refractivity contribution in [1.82, 2.24) is 0 Å². The Balaban J connectivity index is 3.22. The summed E-state index contributed by atoms with van der Waals surface area (Å²) in [4.78, 5) is 11.4. The first-order valence-corrected chi connectivity index (χ1v) is 6.66. The van der Waals surface area contributed by atoms with Crippen molar-refractivity contribution in [3.63, 3.8) is 0 Å². The molecule has 0 amide bonds. The lowest BCUT2D eigenvalue weighted by molar-refractivity contribution is -0.130. The van der Waals surface area contributed by atoms with Crippen LogP contribution < -0.4 is 9.47 Å². The van der Waals surface area contributed by atoms with Crippen molar-refractivity contribution in [2.24, 2.45) is 0 Å². The van der Waals surface area contributed by atoms with Crippen molar-refractivity contribution in [3.8, 4) is 17.2 Å². The van der Waals surface area contributed by atoms with Crippen molar-refractivity contribution in [2.45, 2.75) is 6.92 Å². The van der Waals surface area contributed by atoms with Crippen LogP contribution in [0.15, 0.2) is 18.2 Å². The number of rotatable bonds is 3. The molecule has 6 heteroatoms. The number of carbonyl (C=O) groups is 1. The second kappa shape index (κ2) is 5.89. The molecule has 1 aromatic rings. The maximum Gasteiger partial charge on any atom is 0.338 e. The van der Waals surface area contributed by atoms with Gasteiger partial charge < -0.3 is 14.6 Å². The number of benzene rings is 1. The van der Waals surface area contributed by atoms with Crippen LogP contribution in [0, 0.1) is 7.14 Å². The molecule has 1 aromatic carbocycles. The number of halogens is 2. The van der Waals surface area contributed by atoms with E-state index in [1.165, 1.54) is 7.11 Å². The Morgan fingerprint density at radius 2 is 2.06 bits per heavy atom. The smallest absolute Gasteiger partial charge is 0.338 e. The molecule has 4 nitrogen and oxygen atoms in total. The van der Waals surface area contributed by atoms with Crippen molar-refractivity contribution < 1.29 is 19.4 Å². The van der Waals surface area contributed by atoms with E-state index in [1.807, 2.05) is 45.2 Å². The van der Waals surface area contributed by atoms with Gasteiger partial charge in [0.15, 0.2) is 11.5 Å². The zero-order chi connectivity index (χ0) is 13.2. The molecule has 0 aliphatic heterocycles. The minimum atomic E-state index is -0.508. The summed E-state index contributed by atoms with van der Waals surface area (Å²) in [6, 6.07) is 1.57. The molecular formula is C11H10I2O4. The average Bonchev–Trinajstić information content (AvgIpc) is 2.26. The molecule has 1 N–H and O–H groups in total. The summed E-state index contributed by atoms with van der Waals surface area (Å²) in [5, 5.41) is 9.75. The third-order valence-electron chi connectivity index (χ3n) is 1.87. The SMILES string of the molecule is C=C(C)C(=O)Oc1cc(I)c(O)c(OC)c1I. The molecule has 0 atom stereocenters. The number of esters is 1. The first-order chi connectivity index (χ1) is 7.88. The molecule has 0 aliphatic carbocycles. The first-order valence-electron chi connectivity index (χ1n) is 4.51. The predicted molar refractivity (Wildman–Crippen MR) is 80.5 cm³/mol. The van der Waals surface area contributed by atoms with Crippen LogP contribution in [0.4, 0.5) is 0 Å². The first kappa shape index (κ1) is 14.6. The summed E-state index contributed by atoms with van der Waals surface area (Å²) in [7, 11) is 1.44. The predicted octanol–water partition coefficient (Wildman–Crippen LogP) is 3.09. The van der Waals surface area contributed by atoms with Crippen molar-refractivity contribution in [1.29, 1.82) is 0 Å². The molecule has 0 heterocycles. The summed E-state index contributed by atoms with van der Waals surface area (Å²) < 4.78 is 11.3. The Hall–Kier alpha value is -0.510. The number of carbonyl (C=O) groups excluding carboxylic acids is 1. The minimum absolute atomic E-state index is 0.0348. The highest BCUT2D eigenvalue weighted by Gasteiger charge is 2.18. The van der Waals surface area contributed by atoms with Crippen molar-refractivity contribution in [3.05, 3.63) is 25.4 Å². The topological polar surface area (TPSA) is 55.8 Å². The number of hydrogen-bond donors (Lipinski definition) is 1. The summed E-state index contributed by atoms with van der Waals surface area (Å²) in [6.45, 7) is 5.07. The van der Waals surface area contributed by atoms with E-state index in [2.05, 4.69) is 6.58 Å². The van der Waals surface area contributed by atoms with Gasteiger partial charge in [-0.15, -0.1) is 0 Å². The zero-order valence-corrected chi connectivity index (χ0v) is 13.5. The lowest BCUT2D eigenvalue weighted by Gasteiger charge is -2.12. The number of ether oxygens (including phenoxy) is 2. The van der Waals surface area contributed by atoms with E-state index in [4.69, 9.17) is 9.47 Å². The molecule has 0 aromatic heterocycles. The van der Waals surface area contributed by atoms with Crippen molar-refractivity contribution in [2.75, 3.05) is 7.11 Å². The quantitative estimate of drug-likeness (QED) is 0.326. The van der Waals surface area contributed by atoms with Crippen LogP contribution in [-0.2, 0) is 4.79 Å². The largest absolute Gasteiger partial charge is 0.503 e. The van der Waals surface area contributed by atoms with Gasteiger partial charge in [0.25, 0.3) is 0 Å². The zero-order valence-electron chi connectivity index (χ0n) is 9.21. The molecule has 92 valence electrons. The van der Waals surface area contributed by atoms with Crippen LogP contribution in [0.25, 0.3) is 0 Å². The maximum absolute atomic E-state index is 11.4. The van der Waals surface area contributed by atoms with Gasteiger partial charge in [0, 0.05) is 5.57 Å². The van der Waals surface area contributed by atoms with Gasteiger partial charge in [0.05, 0.1) is 10.7 Å². The maximum atomic E-state index is 11.4.